The molecule has 0 radical (unpaired) electrons. The van der Waals surface area contributed by atoms with Crippen molar-refractivity contribution in [1.82, 2.24) is 15.5 Å². The van der Waals surface area contributed by atoms with Crippen LogP contribution in [0.1, 0.15) is 56.3 Å². The lowest BCUT2D eigenvalue weighted by atomic mass is 9.99. The summed E-state index contributed by atoms with van der Waals surface area (Å²) in [5.74, 6) is 0.859. The normalized spacial score (nSPS) is 14.2. The van der Waals surface area contributed by atoms with E-state index in [1.165, 1.54) is 24.1 Å². The molecule has 1 aliphatic rings. The number of nitrogens with one attached hydrogen (secondary N) is 2. The van der Waals surface area contributed by atoms with Crippen molar-refractivity contribution in [1.29, 1.82) is 0 Å². The van der Waals surface area contributed by atoms with Gasteiger partial charge in [0.05, 0.1) is 7.11 Å². The Hall–Kier alpha value is -4.52. The number of amides is 3. The van der Waals surface area contributed by atoms with Crippen LogP contribution in [0.5, 0.6) is 5.75 Å². The van der Waals surface area contributed by atoms with Gasteiger partial charge in [0, 0.05) is 18.0 Å². The summed E-state index contributed by atoms with van der Waals surface area (Å²) in [6, 6.07) is 10.4. The van der Waals surface area contributed by atoms with Gasteiger partial charge in [-0.3, -0.25) is 14.4 Å². The fourth-order valence-electron chi connectivity index (χ4n) is 4.10. The van der Waals surface area contributed by atoms with E-state index in [2.05, 4.69) is 21.3 Å². The molecule has 1 saturated carbocycles. The van der Waals surface area contributed by atoms with Crippen LogP contribution in [0.25, 0.3) is 0 Å². The molecule has 1 fully saturated rings. The molecule has 40 heavy (non-hydrogen) atoms. The molecule has 10 heteroatoms. The summed E-state index contributed by atoms with van der Waals surface area (Å²) in [6.07, 6.45) is 6.11. The van der Waals surface area contributed by atoms with Crippen molar-refractivity contribution >= 4 is 23.9 Å². The maximum Gasteiger partial charge on any atom is 0.408 e. The largest absolute Gasteiger partial charge is 0.508 e. The van der Waals surface area contributed by atoms with Crippen LogP contribution in [-0.4, -0.2) is 65.2 Å². The molecule has 3 rings (SSSR count). The van der Waals surface area contributed by atoms with Crippen LogP contribution >= 0.6 is 0 Å². The maximum atomic E-state index is 14.2. The minimum Gasteiger partial charge on any atom is -0.508 e. The van der Waals surface area contributed by atoms with E-state index in [-0.39, 0.29) is 24.8 Å². The van der Waals surface area contributed by atoms with E-state index in [1.807, 2.05) is 0 Å². The Morgan fingerprint density at radius 2 is 1.70 bits per heavy atom. The number of aromatic hydroxyl groups is 1. The van der Waals surface area contributed by atoms with Crippen LogP contribution < -0.4 is 10.6 Å². The van der Waals surface area contributed by atoms with Gasteiger partial charge in [0.1, 0.15) is 30.0 Å². The van der Waals surface area contributed by atoms with Gasteiger partial charge in [0.2, 0.25) is 11.8 Å². The summed E-state index contributed by atoms with van der Waals surface area (Å²) in [7, 11) is 1.21. The Kier molecular flexibility index (Phi) is 9.78. The maximum absolute atomic E-state index is 14.2. The summed E-state index contributed by atoms with van der Waals surface area (Å²) in [4.78, 5) is 53.8. The molecule has 2 aromatic rings. The van der Waals surface area contributed by atoms with Gasteiger partial charge in [0.25, 0.3) is 0 Å². The molecule has 0 aliphatic heterocycles. The van der Waals surface area contributed by atoms with Gasteiger partial charge in [0.15, 0.2) is 0 Å². The van der Waals surface area contributed by atoms with E-state index in [0.29, 0.717) is 29.5 Å². The lowest BCUT2D eigenvalue weighted by Crippen LogP contribution is -2.54. The Morgan fingerprint density at radius 1 is 1.07 bits per heavy atom. The van der Waals surface area contributed by atoms with Crippen LogP contribution in [0, 0.1) is 12.3 Å². The van der Waals surface area contributed by atoms with Crippen molar-refractivity contribution in [3.63, 3.8) is 0 Å². The van der Waals surface area contributed by atoms with Gasteiger partial charge < -0.3 is 30.1 Å². The lowest BCUT2D eigenvalue weighted by Gasteiger charge is -2.34. The molecule has 0 heterocycles. The summed E-state index contributed by atoms with van der Waals surface area (Å²) in [6.45, 7) is 4.75. The molecule has 2 aromatic carbocycles. The Morgan fingerprint density at radius 3 is 2.23 bits per heavy atom. The third-order valence-corrected chi connectivity index (χ3v) is 6.11. The molecule has 212 valence electrons. The van der Waals surface area contributed by atoms with Gasteiger partial charge >= 0.3 is 12.1 Å². The first-order valence-corrected chi connectivity index (χ1v) is 12.9. The average molecular weight is 550 g/mol. The molecule has 0 spiro atoms. The smallest absolute Gasteiger partial charge is 0.408 e. The van der Waals surface area contributed by atoms with Gasteiger partial charge in [-0.2, -0.15) is 0 Å². The highest BCUT2D eigenvalue weighted by molar-refractivity contribution is 5.93. The fraction of sp³-hybridized carbons (Fsp3) is 0.400. The third kappa shape index (κ3) is 8.50. The molecule has 0 bridgehead atoms. The highest BCUT2D eigenvalue weighted by Gasteiger charge is 2.44. The predicted molar refractivity (Wildman–Crippen MR) is 147 cm³/mol. The first kappa shape index (κ1) is 30.0. The zero-order chi connectivity index (χ0) is 29.4. The number of methoxy groups -OCH3 is 1. The number of esters is 1. The topological polar surface area (TPSA) is 134 Å². The second kappa shape index (κ2) is 13.0. The van der Waals surface area contributed by atoms with Crippen LogP contribution in [0.15, 0.2) is 48.5 Å². The lowest BCUT2D eigenvalue weighted by molar-refractivity contribution is -0.145. The zero-order valence-corrected chi connectivity index (χ0v) is 23.1. The van der Waals surface area contributed by atoms with E-state index in [0.717, 1.165) is 0 Å². The third-order valence-electron chi connectivity index (χ3n) is 6.11. The number of ether oxygens (including phenoxy) is 2. The van der Waals surface area contributed by atoms with Crippen LogP contribution in [-0.2, 0) is 30.3 Å². The van der Waals surface area contributed by atoms with Gasteiger partial charge in [-0.05, 0) is 69.0 Å². The Balaban J connectivity index is 2.00. The molecule has 0 aromatic heterocycles. The van der Waals surface area contributed by atoms with Gasteiger partial charge in [-0.15, -0.1) is 6.42 Å². The number of hydrogen-bond acceptors (Lipinski definition) is 7. The number of nitrogens with zero attached hydrogens (tertiary/aromatic N) is 1. The monoisotopic (exact) mass is 549 g/mol. The SMILES string of the molecule is C#Cc1ccc(C(C(=O)NCC(=O)OC)N(C(=O)C(Cc2ccc(O)cc2)NC(=O)OC(C)(C)C)C2CC2)cc1. The number of phenolic OH excluding ortho intramolecular Hbond substituents is 1. The molecular formula is C30H35N3O7. The van der Waals surface area contributed by atoms with Crippen LogP contribution in [0.4, 0.5) is 4.79 Å². The number of alkyl carbamates (subject to hydrolysis) is 1. The van der Waals surface area contributed by atoms with Crippen molar-refractivity contribution < 1.29 is 33.8 Å². The number of hydrogen-bond donors (Lipinski definition) is 3. The highest BCUT2D eigenvalue weighted by Crippen LogP contribution is 2.36. The van der Waals surface area contributed by atoms with E-state index < -0.39 is 41.6 Å². The second-order valence-electron chi connectivity index (χ2n) is 10.5. The number of phenols is 1. The zero-order valence-electron chi connectivity index (χ0n) is 23.1. The molecule has 10 nitrogen and oxygen atoms in total. The first-order chi connectivity index (χ1) is 18.9. The molecule has 1 aliphatic carbocycles. The van der Waals surface area contributed by atoms with Gasteiger partial charge in [-0.25, -0.2) is 4.79 Å². The Bertz CT molecular complexity index is 1260. The number of carbonyl (C=O) groups excluding carboxylic acids is 4. The van der Waals surface area contributed by atoms with E-state index >= 15 is 0 Å². The predicted octanol–water partition coefficient (Wildman–Crippen LogP) is 2.83. The quantitative estimate of drug-likeness (QED) is 0.306. The van der Waals surface area contributed by atoms with Crippen molar-refractivity contribution in [2.45, 2.75) is 63.8 Å². The van der Waals surface area contributed by atoms with Crippen molar-refractivity contribution in [3.8, 4) is 18.1 Å². The second-order valence-corrected chi connectivity index (χ2v) is 10.5. The summed E-state index contributed by atoms with van der Waals surface area (Å²) < 4.78 is 10.1. The summed E-state index contributed by atoms with van der Waals surface area (Å²) >= 11 is 0. The van der Waals surface area contributed by atoms with E-state index in [4.69, 9.17) is 11.2 Å². The molecule has 3 N–H and O–H groups in total. The fourth-order valence-corrected chi connectivity index (χ4v) is 4.10. The summed E-state index contributed by atoms with van der Waals surface area (Å²) in [5.41, 5.74) is 0.954. The molecule has 3 amide bonds. The van der Waals surface area contributed by atoms with Gasteiger partial charge in [-0.1, -0.05) is 30.2 Å². The Labute approximate surface area is 234 Å². The number of rotatable bonds is 10. The summed E-state index contributed by atoms with van der Waals surface area (Å²) in [5, 5.41) is 14.9. The molecule has 0 saturated heterocycles. The van der Waals surface area contributed by atoms with E-state index in [1.54, 1.807) is 57.2 Å². The number of benzene rings is 2. The molecular weight excluding hydrogens is 514 g/mol. The van der Waals surface area contributed by atoms with Crippen molar-refractivity contribution in [3.05, 3.63) is 65.2 Å². The number of carbonyl (C=O) groups is 4. The highest BCUT2D eigenvalue weighted by atomic mass is 16.6. The van der Waals surface area contributed by atoms with Crippen molar-refractivity contribution in [2.24, 2.45) is 0 Å². The minimum absolute atomic E-state index is 0.0593. The van der Waals surface area contributed by atoms with Crippen LogP contribution in [0.2, 0.25) is 0 Å². The minimum atomic E-state index is -1.11. The van der Waals surface area contributed by atoms with E-state index in [9.17, 15) is 24.3 Å². The first-order valence-electron chi connectivity index (χ1n) is 12.9. The molecule has 2 unspecified atom stereocenters. The standard InChI is InChI=1S/C30H35N3O7/c1-6-19-7-11-21(12-8-19)26(27(36)31-18-25(35)39-5)33(22-13-14-22)28(37)24(32-29(38)40-30(2,3)4)17-20-9-15-23(34)16-10-20/h1,7-12,15-16,22,24,26,34H,13-14,17-18H2,2-5H3,(H,31,36)(H,32,38). The van der Waals surface area contributed by atoms with Crippen LogP contribution in [0.3, 0.4) is 0 Å². The average Bonchev–Trinajstić information content (AvgIpc) is 3.75. The van der Waals surface area contributed by atoms with Crippen molar-refractivity contribution in [2.75, 3.05) is 13.7 Å². The molecule has 2 atom stereocenters. The number of terminal acetylenes is 1.